The minimum absolute atomic E-state index is 0.00322. The summed E-state index contributed by atoms with van der Waals surface area (Å²) in [6.07, 6.45) is 9.68. The van der Waals surface area contributed by atoms with E-state index < -0.39 is 0 Å². The van der Waals surface area contributed by atoms with E-state index in [1.807, 2.05) is 36.5 Å². The SMILES string of the molecule is N#Cc1ccc2c(c1)C1(CCCCC1)c1cccc(-c3ccc(-c4cccc(-c5cccc(-c6cc(-c7ccc(-c8cccnc8)cc7)nc(-c7ccccc7)n6)c5)c4)cc3)c1-2. The molecule has 0 N–H and O–H groups in total. The van der Waals surface area contributed by atoms with Gasteiger partial charge in [-0.3, -0.25) is 4.98 Å². The summed E-state index contributed by atoms with van der Waals surface area (Å²) in [5, 5.41) is 9.83. The molecule has 0 atom stereocenters. The van der Waals surface area contributed by atoms with Crippen molar-refractivity contribution >= 4 is 0 Å². The lowest BCUT2D eigenvalue weighted by molar-refractivity contribution is 0.353. The average Bonchev–Trinajstić information content (AvgIpc) is 3.62. The molecule has 0 radical (unpaired) electrons. The van der Waals surface area contributed by atoms with Crippen LogP contribution in [0.3, 0.4) is 0 Å². The van der Waals surface area contributed by atoms with Crippen molar-refractivity contribution < 1.29 is 0 Å². The maximum absolute atomic E-state index is 9.83. The molecular weight excluding hydrogens is 753 g/mol. The van der Waals surface area contributed by atoms with Gasteiger partial charge in [-0.2, -0.15) is 5.26 Å². The molecule has 2 aliphatic carbocycles. The first-order valence-electron chi connectivity index (χ1n) is 21.6. The zero-order valence-electron chi connectivity index (χ0n) is 34.3. The van der Waals surface area contributed by atoms with E-state index in [1.165, 1.54) is 63.8 Å². The summed E-state index contributed by atoms with van der Waals surface area (Å²) >= 11 is 0. The van der Waals surface area contributed by atoms with Crippen molar-refractivity contribution in [3.05, 3.63) is 211 Å². The summed E-state index contributed by atoms with van der Waals surface area (Å²) in [5.74, 6) is 0.691. The molecule has 0 aliphatic heterocycles. The Labute approximate surface area is 362 Å². The number of pyridine rings is 1. The van der Waals surface area contributed by atoms with Crippen molar-refractivity contribution in [1.82, 2.24) is 15.0 Å². The number of benzene rings is 7. The lowest BCUT2D eigenvalue weighted by Gasteiger charge is -2.36. The van der Waals surface area contributed by atoms with E-state index in [1.54, 1.807) is 6.20 Å². The Balaban J connectivity index is 0.915. The van der Waals surface area contributed by atoms with Crippen LogP contribution < -0.4 is 0 Å². The van der Waals surface area contributed by atoms with Gasteiger partial charge in [-0.15, -0.1) is 0 Å². The number of aromatic nitrogens is 3. The third-order valence-corrected chi connectivity index (χ3v) is 13.0. The van der Waals surface area contributed by atoms with Crippen LogP contribution in [0.25, 0.3) is 89.5 Å². The number of rotatable bonds is 7. The predicted molar refractivity (Wildman–Crippen MR) is 252 cm³/mol. The molecule has 0 bridgehead atoms. The summed E-state index contributed by atoms with van der Waals surface area (Å²) in [7, 11) is 0. The molecule has 1 spiro atoms. The minimum Gasteiger partial charge on any atom is -0.264 e. The molecule has 2 heterocycles. The quantitative estimate of drug-likeness (QED) is 0.161. The predicted octanol–water partition coefficient (Wildman–Crippen LogP) is 14.6. The van der Waals surface area contributed by atoms with Crippen LogP contribution >= 0.6 is 0 Å². The molecule has 4 nitrogen and oxygen atoms in total. The van der Waals surface area contributed by atoms with Crippen molar-refractivity contribution in [3.63, 3.8) is 0 Å². The van der Waals surface area contributed by atoms with Crippen LogP contribution in [0.5, 0.6) is 0 Å². The Hall–Kier alpha value is -7.74. The summed E-state index contributed by atoms with van der Waals surface area (Å²) in [6.45, 7) is 0. The Morgan fingerprint density at radius 1 is 0.419 bits per heavy atom. The second-order valence-corrected chi connectivity index (χ2v) is 16.6. The maximum atomic E-state index is 9.83. The van der Waals surface area contributed by atoms with Crippen molar-refractivity contribution in [3.8, 4) is 95.6 Å². The standard InChI is InChI=1S/C58H42N4/c59-37-39-20-29-51-53(33-39)58(30-5-2-6-31-58)52-19-9-18-50(56(51)52)42-25-21-40(22-26-42)45-13-7-14-46(34-45)47-15-8-16-48(35-47)55-36-54(61-57(62-55)44-11-3-1-4-12-44)43-27-23-41(24-28-43)49-17-10-32-60-38-49/h1,3-4,7-29,32-36,38H,2,5-6,30-31H2. The van der Waals surface area contributed by atoms with Crippen molar-refractivity contribution in [2.24, 2.45) is 0 Å². The number of nitrogens with zero attached hydrogens (tertiary/aromatic N) is 4. The zero-order valence-corrected chi connectivity index (χ0v) is 34.3. The number of hydrogen-bond donors (Lipinski definition) is 0. The fourth-order valence-corrected chi connectivity index (χ4v) is 9.95. The monoisotopic (exact) mass is 794 g/mol. The highest BCUT2D eigenvalue weighted by Gasteiger charge is 2.44. The van der Waals surface area contributed by atoms with Crippen LogP contribution in [-0.2, 0) is 5.41 Å². The van der Waals surface area contributed by atoms with E-state index in [9.17, 15) is 5.26 Å². The van der Waals surface area contributed by atoms with E-state index >= 15 is 0 Å². The zero-order chi connectivity index (χ0) is 41.5. The molecule has 1 fully saturated rings. The van der Waals surface area contributed by atoms with Gasteiger partial charge in [-0.1, -0.05) is 165 Å². The normalized spacial score (nSPS) is 13.6. The molecule has 0 saturated heterocycles. The molecular formula is C58H42N4. The van der Waals surface area contributed by atoms with Gasteiger partial charge in [0.05, 0.1) is 23.0 Å². The maximum Gasteiger partial charge on any atom is 0.160 e. The molecule has 294 valence electrons. The first-order valence-corrected chi connectivity index (χ1v) is 21.6. The summed E-state index contributed by atoms with van der Waals surface area (Å²) in [5.41, 5.74) is 20.2. The van der Waals surface area contributed by atoms with Gasteiger partial charge in [0.15, 0.2) is 5.82 Å². The molecule has 62 heavy (non-hydrogen) atoms. The fraction of sp³-hybridized carbons (Fsp3) is 0.103. The van der Waals surface area contributed by atoms with Gasteiger partial charge in [0.2, 0.25) is 0 Å². The van der Waals surface area contributed by atoms with Crippen LogP contribution in [0.2, 0.25) is 0 Å². The van der Waals surface area contributed by atoms with Crippen LogP contribution in [0, 0.1) is 11.3 Å². The van der Waals surface area contributed by atoms with Crippen molar-refractivity contribution in [2.75, 3.05) is 0 Å². The molecule has 1 saturated carbocycles. The number of fused-ring (bicyclic) bond motifs is 5. The fourth-order valence-electron chi connectivity index (χ4n) is 9.95. The van der Waals surface area contributed by atoms with Crippen LogP contribution in [-0.4, -0.2) is 15.0 Å². The van der Waals surface area contributed by atoms with Gasteiger partial charge in [0.25, 0.3) is 0 Å². The summed E-state index contributed by atoms with van der Waals surface area (Å²) in [4.78, 5) is 14.5. The van der Waals surface area contributed by atoms with Gasteiger partial charge in [0, 0.05) is 34.5 Å². The van der Waals surface area contributed by atoms with E-state index in [4.69, 9.17) is 9.97 Å². The van der Waals surface area contributed by atoms with Crippen molar-refractivity contribution in [1.29, 1.82) is 5.26 Å². The Bertz CT molecular complexity index is 3140. The van der Waals surface area contributed by atoms with Gasteiger partial charge in [0.1, 0.15) is 0 Å². The second kappa shape index (κ2) is 15.7. The molecule has 2 aliphatic rings. The van der Waals surface area contributed by atoms with Gasteiger partial charge in [-0.05, 0) is 116 Å². The topological polar surface area (TPSA) is 62.5 Å². The minimum atomic E-state index is -0.00322. The molecule has 2 aromatic heterocycles. The highest BCUT2D eigenvalue weighted by molar-refractivity contribution is 5.93. The first kappa shape index (κ1) is 37.3. The second-order valence-electron chi connectivity index (χ2n) is 16.6. The number of hydrogen-bond acceptors (Lipinski definition) is 4. The molecule has 11 rings (SSSR count). The molecule has 7 aromatic carbocycles. The lowest BCUT2D eigenvalue weighted by Crippen LogP contribution is -2.28. The van der Waals surface area contributed by atoms with Gasteiger partial charge < -0.3 is 0 Å². The van der Waals surface area contributed by atoms with Crippen molar-refractivity contribution in [2.45, 2.75) is 37.5 Å². The average molecular weight is 795 g/mol. The largest absolute Gasteiger partial charge is 0.264 e. The third-order valence-electron chi connectivity index (χ3n) is 13.0. The summed E-state index contributed by atoms with van der Waals surface area (Å²) < 4.78 is 0. The molecule has 0 amide bonds. The summed E-state index contributed by atoms with van der Waals surface area (Å²) in [6, 6.07) is 67.0. The van der Waals surface area contributed by atoms with E-state index in [2.05, 4.69) is 163 Å². The first-order chi connectivity index (χ1) is 30.6. The van der Waals surface area contributed by atoms with Gasteiger partial charge >= 0.3 is 0 Å². The van der Waals surface area contributed by atoms with Crippen LogP contribution in [0.15, 0.2) is 194 Å². The van der Waals surface area contributed by atoms with Gasteiger partial charge in [-0.25, -0.2) is 9.97 Å². The number of nitriles is 1. The lowest BCUT2D eigenvalue weighted by atomic mass is 9.67. The molecule has 9 aromatic rings. The smallest absolute Gasteiger partial charge is 0.160 e. The molecule has 4 heteroatoms. The van der Waals surface area contributed by atoms with Crippen LogP contribution in [0.4, 0.5) is 0 Å². The van der Waals surface area contributed by atoms with E-state index in [-0.39, 0.29) is 5.41 Å². The van der Waals surface area contributed by atoms with E-state index in [0.717, 1.165) is 68.7 Å². The Morgan fingerprint density at radius 3 is 1.73 bits per heavy atom. The third kappa shape index (κ3) is 6.69. The highest BCUT2D eigenvalue weighted by Crippen LogP contribution is 2.58. The molecule has 0 unspecified atom stereocenters. The Kier molecular flexibility index (Phi) is 9.44. The highest BCUT2D eigenvalue weighted by atomic mass is 14.9. The Morgan fingerprint density at radius 2 is 1.02 bits per heavy atom. The van der Waals surface area contributed by atoms with E-state index in [0.29, 0.717) is 5.82 Å². The van der Waals surface area contributed by atoms with Crippen LogP contribution in [0.1, 0.15) is 48.8 Å².